The highest BCUT2D eigenvalue weighted by Gasteiger charge is 2.31. The van der Waals surface area contributed by atoms with Crippen molar-refractivity contribution in [2.24, 2.45) is 0 Å². The molecule has 10 heteroatoms. The summed E-state index contributed by atoms with van der Waals surface area (Å²) in [6.07, 6.45) is 2.73. The summed E-state index contributed by atoms with van der Waals surface area (Å²) in [5, 5.41) is 4.82. The second kappa shape index (κ2) is 8.39. The van der Waals surface area contributed by atoms with Gasteiger partial charge in [-0.3, -0.25) is 10.1 Å². The van der Waals surface area contributed by atoms with Crippen molar-refractivity contribution in [2.45, 2.75) is 31.1 Å². The number of aromatic nitrogens is 1. The Morgan fingerprint density at radius 3 is 2.79 bits per heavy atom. The number of hydrogen-bond donors (Lipinski definition) is 1. The van der Waals surface area contributed by atoms with E-state index in [0.29, 0.717) is 24.8 Å². The second-order valence-corrected chi connectivity index (χ2v) is 10.5. The van der Waals surface area contributed by atoms with Crippen LogP contribution in [0.3, 0.4) is 0 Å². The number of fused-ring (bicyclic) bond motifs is 1. The van der Waals surface area contributed by atoms with E-state index in [1.54, 1.807) is 5.38 Å². The first-order chi connectivity index (χ1) is 14.0. The number of carbonyl (C=O) groups is 1. The van der Waals surface area contributed by atoms with E-state index in [2.05, 4.69) is 10.3 Å². The Morgan fingerprint density at radius 1 is 1.24 bits per heavy atom. The van der Waals surface area contributed by atoms with Gasteiger partial charge >= 0.3 is 0 Å². The fraction of sp³-hybridized carbons (Fsp3) is 0.368. The third kappa shape index (κ3) is 4.16. The van der Waals surface area contributed by atoms with Gasteiger partial charge in [-0.1, -0.05) is 17.8 Å². The number of piperidine rings is 1. The fourth-order valence-corrected chi connectivity index (χ4v) is 6.98. The summed E-state index contributed by atoms with van der Waals surface area (Å²) in [7, 11) is -3.67. The van der Waals surface area contributed by atoms with Crippen molar-refractivity contribution in [3.8, 4) is 5.75 Å². The molecule has 154 valence electrons. The molecular formula is C19H21N3O4S3. The summed E-state index contributed by atoms with van der Waals surface area (Å²) in [5.41, 5.74) is 0.751. The molecule has 0 radical (unpaired) electrons. The van der Waals surface area contributed by atoms with Crippen LogP contribution in [0.5, 0.6) is 5.75 Å². The van der Waals surface area contributed by atoms with Crippen LogP contribution in [0.2, 0.25) is 0 Å². The standard InChI is InChI=1S/C19H21N3O4S3/c1-2-26-13-6-7-14-15(12-13)28-19(20-14)21-18(23)17-16(8-11-27-17)29(24,25)22-9-4-3-5-10-22/h6-8,11-12H,2-5,9-10H2,1H3,(H,20,21,23). The van der Waals surface area contributed by atoms with Crippen LogP contribution in [0.25, 0.3) is 10.2 Å². The molecule has 1 aliphatic heterocycles. The van der Waals surface area contributed by atoms with E-state index in [4.69, 9.17) is 4.74 Å². The number of thiazole rings is 1. The molecule has 1 amide bonds. The van der Waals surface area contributed by atoms with Gasteiger partial charge in [-0.05, 0) is 49.4 Å². The molecule has 0 saturated carbocycles. The predicted octanol–water partition coefficient (Wildman–Crippen LogP) is 4.18. The second-order valence-electron chi connectivity index (χ2n) is 6.61. The number of sulfonamides is 1. The van der Waals surface area contributed by atoms with E-state index in [1.807, 2.05) is 25.1 Å². The quantitative estimate of drug-likeness (QED) is 0.607. The van der Waals surface area contributed by atoms with Crippen LogP contribution in [0.15, 0.2) is 34.5 Å². The third-order valence-corrected chi connectivity index (χ3v) is 8.58. The average molecular weight is 452 g/mol. The van der Waals surface area contributed by atoms with Crippen LogP contribution in [-0.4, -0.2) is 43.3 Å². The normalized spacial score (nSPS) is 15.5. The Morgan fingerprint density at radius 2 is 2.03 bits per heavy atom. The molecule has 1 aliphatic rings. The molecular weight excluding hydrogens is 430 g/mol. The fourth-order valence-electron chi connectivity index (χ4n) is 3.28. The third-order valence-electron chi connectivity index (χ3n) is 4.66. The molecule has 0 bridgehead atoms. The van der Waals surface area contributed by atoms with Crippen LogP contribution in [0.1, 0.15) is 35.9 Å². The van der Waals surface area contributed by atoms with Crippen molar-refractivity contribution in [3.63, 3.8) is 0 Å². The van der Waals surface area contributed by atoms with Gasteiger partial charge in [0, 0.05) is 13.1 Å². The molecule has 0 atom stereocenters. The van der Waals surface area contributed by atoms with Crippen LogP contribution >= 0.6 is 22.7 Å². The summed E-state index contributed by atoms with van der Waals surface area (Å²) in [5.74, 6) is 0.286. The SMILES string of the molecule is CCOc1ccc2nc(NC(=O)c3sccc3S(=O)(=O)N3CCCCC3)sc2c1. The lowest BCUT2D eigenvalue weighted by atomic mass is 10.2. The largest absolute Gasteiger partial charge is 0.494 e. The van der Waals surface area contributed by atoms with Gasteiger partial charge in [-0.15, -0.1) is 11.3 Å². The Labute approximate surface area is 177 Å². The van der Waals surface area contributed by atoms with Crippen molar-refractivity contribution in [3.05, 3.63) is 34.5 Å². The Kier molecular flexibility index (Phi) is 5.86. The first-order valence-corrected chi connectivity index (χ1v) is 12.5. The number of rotatable bonds is 6. The molecule has 0 unspecified atom stereocenters. The minimum Gasteiger partial charge on any atom is -0.494 e. The van der Waals surface area contributed by atoms with Crippen molar-refractivity contribution >= 4 is 54.0 Å². The minimum absolute atomic E-state index is 0.0710. The van der Waals surface area contributed by atoms with E-state index < -0.39 is 15.9 Å². The van der Waals surface area contributed by atoms with E-state index in [0.717, 1.165) is 46.6 Å². The van der Waals surface area contributed by atoms with Gasteiger partial charge in [0.1, 0.15) is 15.5 Å². The van der Waals surface area contributed by atoms with Crippen molar-refractivity contribution in [2.75, 3.05) is 25.0 Å². The van der Waals surface area contributed by atoms with Crippen molar-refractivity contribution in [1.29, 1.82) is 0 Å². The highest BCUT2D eigenvalue weighted by atomic mass is 32.2. The Hall–Kier alpha value is -2.01. The average Bonchev–Trinajstić information content (AvgIpc) is 3.35. The molecule has 0 aliphatic carbocycles. The first kappa shape index (κ1) is 20.3. The van der Waals surface area contributed by atoms with Gasteiger partial charge in [0.15, 0.2) is 5.13 Å². The minimum atomic E-state index is -3.67. The Balaban J connectivity index is 1.57. The van der Waals surface area contributed by atoms with E-state index >= 15 is 0 Å². The summed E-state index contributed by atoms with van der Waals surface area (Å²) >= 11 is 2.45. The maximum atomic E-state index is 13.0. The smallest absolute Gasteiger partial charge is 0.268 e. The molecule has 3 aromatic rings. The number of hydrogen-bond acceptors (Lipinski definition) is 7. The molecule has 1 aromatic carbocycles. The summed E-state index contributed by atoms with van der Waals surface area (Å²) in [6.45, 7) is 3.48. The van der Waals surface area contributed by atoms with Gasteiger partial charge in [0.05, 0.1) is 16.8 Å². The maximum absolute atomic E-state index is 13.0. The summed E-state index contributed by atoms with van der Waals surface area (Å²) in [6, 6.07) is 7.06. The monoisotopic (exact) mass is 451 g/mol. The Bertz CT molecular complexity index is 1130. The van der Waals surface area contributed by atoms with Gasteiger partial charge < -0.3 is 4.74 Å². The zero-order valence-electron chi connectivity index (χ0n) is 15.9. The van der Waals surface area contributed by atoms with Gasteiger partial charge in [-0.25, -0.2) is 13.4 Å². The molecule has 0 spiro atoms. The number of nitrogens with zero attached hydrogens (tertiary/aromatic N) is 2. The predicted molar refractivity (Wildman–Crippen MR) is 116 cm³/mol. The lowest BCUT2D eigenvalue weighted by Gasteiger charge is -2.25. The number of thiophene rings is 1. The molecule has 7 nitrogen and oxygen atoms in total. The zero-order valence-corrected chi connectivity index (χ0v) is 18.3. The topological polar surface area (TPSA) is 88.6 Å². The molecule has 29 heavy (non-hydrogen) atoms. The highest BCUT2D eigenvalue weighted by molar-refractivity contribution is 7.89. The summed E-state index contributed by atoms with van der Waals surface area (Å²) < 4.78 is 33.8. The van der Waals surface area contributed by atoms with Crippen LogP contribution < -0.4 is 10.1 Å². The number of benzene rings is 1. The highest BCUT2D eigenvalue weighted by Crippen LogP contribution is 2.31. The van der Waals surface area contributed by atoms with E-state index in [-0.39, 0.29) is 9.77 Å². The molecule has 3 heterocycles. The van der Waals surface area contributed by atoms with Crippen LogP contribution in [0, 0.1) is 0 Å². The molecule has 1 saturated heterocycles. The van der Waals surface area contributed by atoms with Gasteiger partial charge in [0.2, 0.25) is 10.0 Å². The van der Waals surface area contributed by atoms with Crippen LogP contribution in [-0.2, 0) is 10.0 Å². The number of ether oxygens (including phenoxy) is 1. The number of amides is 1. The summed E-state index contributed by atoms with van der Waals surface area (Å²) in [4.78, 5) is 17.5. The van der Waals surface area contributed by atoms with Crippen molar-refractivity contribution in [1.82, 2.24) is 9.29 Å². The molecule has 2 aromatic heterocycles. The van der Waals surface area contributed by atoms with Crippen LogP contribution in [0.4, 0.5) is 5.13 Å². The molecule has 4 rings (SSSR count). The zero-order chi connectivity index (χ0) is 20.4. The lowest BCUT2D eigenvalue weighted by Crippen LogP contribution is -2.36. The van der Waals surface area contributed by atoms with Gasteiger partial charge in [0.25, 0.3) is 5.91 Å². The first-order valence-electron chi connectivity index (χ1n) is 9.41. The number of nitrogens with one attached hydrogen (secondary N) is 1. The maximum Gasteiger partial charge on any atom is 0.268 e. The lowest BCUT2D eigenvalue weighted by molar-refractivity contribution is 0.102. The molecule has 1 fully saturated rings. The number of carbonyl (C=O) groups excluding carboxylic acids is 1. The van der Waals surface area contributed by atoms with E-state index in [9.17, 15) is 13.2 Å². The van der Waals surface area contributed by atoms with E-state index in [1.165, 1.54) is 21.7 Å². The number of anilines is 1. The van der Waals surface area contributed by atoms with Crippen molar-refractivity contribution < 1.29 is 17.9 Å². The van der Waals surface area contributed by atoms with Gasteiger partial charge in [-0.2, -0.15) is 4.31 Å². The molecule has 1 N–H and O–H groups in total.